The van der Waals surface area contributed by atoms with E-state index < -0.39 is 5.91 Å². The minimum atomic E-state index is -0.619. The summed E-state index contributed by atoms with van der Waals surface area (Å²) >= 11 is 6.11. The van der Waals surface area contributed by atoms with Crippen molar-refractivity contribution in [3.8, 4) is 0 Å². The van der Waals surface area contributed by atoms with Gasteiger partial charge in [-0.2, -0.15) is 0 Å². The Bertz CT molecular complexity index is 763. The zero-order chi connectivity index (χ0) is 16.6. The Hall–Kier alpha value is -1.92. The normalized spacial score (nSPS) is 20.4. The first-order valence-electron chi connectivity index (χ1n) is 7.48. The van der Waals surface area contributed by atoms with E-state index in [9.17, 15) is 4.79 Å². The molecule has 3 N–H and O–H groups in total. The van der Waals surface area contributed by atoms with E-state index in [0.29, 0.717) is 29.4 Å². The maximum Gasteiger partial charge on any atom is 0.271 e. The molecule has 1 atom stereocenters. The summed E-state index contributed by atoms with van der Waals surface area (Å²) in [7, 11) is 0. The molecule has 2 heterocycles. The number of aromatic nitrogens is 2. The number of benzene rings is 1. The van der Waals surface area contributed by atoms with E-state index in [1.807, 2.05) is 0 Å². The second-order valence-electron chi connectivity index (χ2n) is 6.48. The van der Waals surface area contributed by atoms with E-state index in [2.05, 4.69) is 29.4 Å². The number of ether oxygens (including phenoxy) is 1. The van der Waals surface area contributed by atoms with Crippen LogP contribution in [-0.2, 0) is 4.74 Å². The van der Waals surface area contributed by atoms with Crippen LogP contribution in [0.2, 0.25) is 5.02 Å². The van der Waals surface area contributed by atoms with Crippen LogP contribution >= 0.6 is 11.6 Å². The van der Waals surface area contributed by atoms with Gasteiger partial charge in [-0.3, -0.25) is 4.79 Å². The minimum Gasteiger partial charge on any atom is -0.381 e. The van der Waals surface area contributed by atoms with Crippen LogP contribution in [-0.4, -0.2) is 35.4 Å². The molecule has 122 valence electrons. The highest BCUT2D eigenvalue weighted by Crippen LogP contribution is 2.34. The zero-order valence-corrected chi connectivity index (χ0v) is 13.9. The SMILES string of the molecule is CC1(C)COCC[C@H]1Nc1c(C(N)=O)nnc2ccc(Cl)cc12. The molecule has 2 aromatic rings. The Balaban J connectivity index is 2.11. The van der Waals surface area contributed by atoms with Crippen molar-refractivity contribution in [1.82, 2.24) is 10.2 Å². The zero-order valence-electron chi connectivity index (χ0n) is 13.1. The first-order chi connectivity index (χ1) is 10.9. The maximum atomic E-state index is 11.8. The van der Waals surface area contributed by atoms with Crippen molar-refractivity contribution in [2.45, 2.75) is 26.3 Å². The number of hydrogen-bond donors (Lipinski definition) is 2. The summed E-state index contributed by atoms with van der Waals surface area (Å²) < 4.78 is 5.56. The number of nitrogens with zero attached hydrogens (tertiary/aromatic N) is 2. The van der Waals surface area contributed by atoms with Gasteiger partial charge in [-0.05, 0) is 24.6 Å². The first-order valence-corrected chi connectivity index (χ1v) is 7.86. The molecular formula is C16H19ClN4O2. The molecule has 0 unspecified atom stereocenters. The molecule has 0 saturated carbocycles. The van der Waals surface area contributed by atoms with Gasteiger partial charge in [-0.25, -0.2) is 0 Å². The smallest absolute Gasteiger partial charge is 0.271 e. The van der Waals surface area contributed by atoms with E-state index in [4.69, 9.17) is 22.1 Å². The van der Waals surface area contributed by atoms with Crippen LogP contribution in [0.25, 0.3) is 10.9 Å². The Morgan fingerprint density at radius 3 is 2.91 bits per heavy atom. The number of anilines is 1. The summed E-state index contributed by atoms with van der Waals surface area (Å²) in [5, 5.41) is 12.8. The van der Waals surface area contributed by atoms with Gasteiger partial charge >= 0.3 is 0 Å². The Morgan fingerprint density at radius 2 is 2.22 bits per heavy atom. The van der Waals surface area contributed by atoms with Crippen LogP contribution < -0.4 is 11.1 Å². The summed E-state index contributed by atoms with van der Waals surface area (Å²) in [6, 6.07) is 5.41. The van der Waals surface area contributed by atoms with E-state index in [1.54, 1.807) is 18.2 Å². The highest BCUT2D eigenvalue weighted by molar-refractivity contribution is 6.31. The van der Waals surface area contributed by atoms with Crippen LogP contribution in [0, 0.1) is 5.41 Å². The molecule has 1 aromatic heterocycles. The Labute approximate surface area is 139 Å². The molecule has 0 bridgehead atoms. The van der Waals surface area contributed by atoms with Crippen molar-refractivity contribution in [1.29, 1.82) is 0 Å². The summed E-state index contributed by atoms with van der Waals surface area (Å²) in [6.07, 6.45) is 0.829. The van der Waals surface area contributed by atoms with Crippen molar-refractivity contribution in [3.05, 3.63) is 28.9 Å². The molecule has 0 spiro atoms. The topological polar surface area (TPSA) is 90.1 Å². The number of carbonyl (C=O) groups is 1. The molecule has 6 nitrogen and oxygen atoms in total. The van der Waals surface area contributed by atoms with Gasteiger partial charge in [0.15, 0.2) is 5.69 Å². The monoisotopic (exact) mass is 334 g/mol. The fourth-order valence-electron chi connectivity index (χ4n) is 2.87. The van der Waals surface area contributed by atoms with Crippen molar-refractivity contribution >= 4 is 34.1 Å². The van der Waals surface area contributed by atoms with Crippen molar-refractivity contribution in [2.75, 3.05) is 18.5 Å². The lowest BCUT2D eigenvalue weighted by molar-refractivity contribution is 0.00348. The highest BCUT2D eigenvalue weighted by atomic mass is 35.5. The number of hydrogen-bond acceptors (Lipinski definition) is 5. The fourth-order valence-corrected chi connectivity index (χ4v) is 3.04. The predicted molar refractivity (Wildman–Crippen MR) is 89.7 cm³/mol. The molecule has 1 amide bonds. The average Bonchev–Trinajstić information content (AvgIpc) is 2.49. The predicted octanol–water partition coefficient (Wildman–Crippen LogP) is 2.61. The molecule has 1 aliphatic rings. The van der Waals surface area contributed by atoms with E-state index in [0.717, 1.165) is 11.8 Å². The third-order valence-electron chi connectivity index (χ3n) is 4.24. The number of amides is 1. The molecule has 0 aliphatic carbocycles. The Kier molecular flexibility index (Phi) is 4.12. The summed E-state index contributed by atoms with van der Waals surface area (Å²) in [6.45, 7) is 5.56. The molecule has 7 heteroatoms. The summed E-state index contributed by atoms with van der Waals surface area (Å²) in [5.41, 5.74) is 6.77. The average molecular weight is 335 g/mol. The number of nitrogens with one attached hydrogen (secondary N) is 1. The lowest BCUT2D eigenvalue weighted by Crippen LogP contribution is -2.44. The summed E-state index contributed by atoms with van der Waals surface area (Å²) in [4.78, 5) is 11.8. The maximum absolute atomic E-state index is 11.8. The number of carbonyl (C=O) groups excluding carboxylic acids is 1. The third kappa shape index (κ3) is 3.09. The number of halogens is 1. The molecule has 1 aromatic carbocycles. The second kappa shape index (κ2) is 5.94. The number of nitrogens with two attached hydrogens (primary N) is 1. The third-order valence-corrected chi connectivity index (χ3v) is 4.48. The summed E-state index contributed by atoms with van der Waals surface area (Å²) in [5.74, 6) is -0.619. The first kappa shape index (κ1) is 16.0. The molecule has 23 heavy (non-hydrogen) atoms. The van der Waals surface area contributed by atoms with Gasteiger partial charge in [0, 0.05) is 28.5 Å². The largest absolute Gasteiger partial charge is 0.381 e. The Morgan fingerprint density at radius 1 is 1.43 bits per heavy atom. The van der Waals surface area contributed by atoms with Crippen LogP contribution in [0.3, 0.4) is 0 Å². The lowest BCUT2D eigenvalue weighted by Gasteiger charge is -2.39. The van der Waals surface area contributed by atoms with Crippen LogP contribution in [0.4, 0.5) is 5.69 Å². The molecule has 1 aliphatic heterocycles. The van der Waals surface area contributed by atoms with Gasteiger partial charge in [0.05, 0.1) is 17.8 Å². The van der Waals surface area contributed by atoms with E-state index >= 15 is 0 Å². The molecule has 0 radical (unpaired) electrons. The van der Waals surface area contributed by atoms with E-state index in [-0.39, 0.29) is 17.2 Å². The second-order valence-corrected chi connectivity index (χ2v) is 6.91. The molecule has 1 fully saturated rings. The van der Waals surface area contributed by atoms with Gasteiger partial charge in [0.25, 0.3) is 5.91 Å². The molecule has 1 saturated heterocycles. The van der Waals surface area contributed by atoms with Gasteiger partial charge < -0.3 is 15.8 Å². The minimum absolute atomic E-state index is 0.0820. The van der Waals surface area contributed by atoms with Crippen LogP contribution in [0.15, 0.2) is 18.2 Å². The highest BCUT2D eigenvalue weighted by Gasteiger charge is 2.34. The van der Waals surface area contributed by atoms with Crippen LogP contribution in [0.1, 0.15) is 30.8 Å². The van der Waals surface area contributed by atoms with E-state index in [1.165, 1.54) is 0 Å². The molecular weight excluding hydrogens is 316 g/mol. The standard InChI is InChI=1S/C16H19ClN4O2/c1-16(2)8-23-6-5-12(16)19-13-10-7-9(17)3-4-11(10)20-21-14(13)15(18)22/h3-4,7,12H,5-6,8H2,1-2H3,(H2,18,22)(H,19,20)/t12-/m1/s1. The van der Waals surface area contributed by atoms with Gasteiger partial charge in [-0.1, -0.05) is 25.4 Å². The van der Waals surface area contributed by atoms with Gasteiger partial charge in [0.1, 0.15) is 0 Å². The number of rotatable bonds is 3. The fraction of sp³-hybridized carbons (Fsp3) is 0.438. The van der Waals surface area contributed by atoms with Crippen molar-refractivity contribution in [3.63, 3.8) is 0 Å². The van der Waals surface area contributed by atoms with Crippen molar-refractivity contribution < 1.29 is 9.53 Å². The number of primary amides is 1. The van der Waals surface area contributed by atoms with Crippen LogP contribution in [0.5, 0.6) is 0 Å². The number of fused-ring (bicyclic) bond motifs is 1. The lowest BCUT2D eigenvalue weighted by atomic mass is 9.81. The molecule has 3 rings (SSSR count). The van der Waals surface area contributed by atoms with Gasteiger partial charge in [-0.15, -0.1) is 10.2 Å². The van der Waals surface area contributed by atoms with Crippen molar-refractivity contribution in [2.24, 2.45) is 11.1 Å². The quantitative estimate of drug-likeness (QED) is 0.900. The van der Waals surface area contributed by atoms with Gasteiger partial charge in [0.2, 0.25) is 0 Å².